The number of nitrogens with one attached hydrogen (secondary N) is 1. The Morgan fingerprint density at radius 1 is 1.28 bits per heavy atom. The zero-order valence-corrected chi connectivity index (χ0v) is 11.0. The summed E-state index contributed by atoms with van der Waals surface area (Å²) in [5.74, 6) is 0.964. The molecule has 0 bridgehead atoms. The Kier molecular flexibility index (Phi) is 3.91. The molecular weight excluding hydrogens is 222 g/mol. The van der Waals surface area contributed by atoms with E-state index in [1.807, 2.05) is 12.4 Å². The molecule has 18 heavy (non-hydrogen) atoms. The highest BCUT2D eigenvalue weighted by Crippen LogP contribution is 2.33. The van der Waals surface area contributed by atoms with Gasteiger partial charge in [0.25, 0.3) is 0 Å². The zero-order chi connectivity index (χ0) is 12.2. The standard InChI is InChI=1S/C15H23N3/c1-7-17-15(14-2-3-14)12-18(10-1)11-6-13-4-8-16-9-5-13/h4-5,8-9,14-15,17H,1-3,6-7,10-12H2. The summed E-state index contributed by atoms with van der Waals surface area (Å²) in [6.45, 7) is 4.89. The average Bonchev–Trinajstić information content (AvgIpc) is 3.24. The van der Waals surface area contributed by atoms with Crippen LogP contribution in [0.4, 0.5) is 0 Å². The molecule has 0 radical (unpaired) electrons. The summed E-state index contributed by atoms with van der Waals surface area (Å²) < 4.78 is 0. The second-order valence-corrected chi connectivity index (χ2v) is 5.66. The van der Waals surface area contributed by atoms with Gasteiger partial charge in [-0.25, -0.2) is 0 Å². The van der Waals surface area contributed by atoms with Crippen LogP contribution < -0.4 is 5.32 Å². The first-order valence-corrected chi connectivity index (χ1v) is 7.26. The molecule has 2 aliphatic rings. The van der Waals surface area contributed by atoms with Gasteiger partial charge in [-0.05, 0) is 62.4 Å². The summed E-state index contributed by atoms with van der Waals surface area (Å²) >= 11 is 0. The Balaban J connectivity index is 1.51. The first-order chi connectivity index (χ1) is 8.92. The summed E-state index contributed by atoms with van der Waals surface area (Å²) in [6, 6.07) is 5.02. The zero-order valence-electron chi connectivity index (χ0n) is 11.0. The highest BCUT2D eigenvalue weighted by molar-refractivity contribution is 5.10. The van der Waals surface area contributed by atoms with Crippen molar-refractivity contribution in [3.8, 4) is 0 Å². The molecule has 1 unspecified atom stereocenters. The molecule has 3 nitrogen and oxygen atoms in total. The van der Waals surface area contributed by atoms with Crippen molar-refractivity contribution in [2.24, 2.45) is 5.92 Å². The van der Waals surface area contributed by atoms with E-state index in [0.717, 1.165) is 18.4 Å². The number of nitrogens with zero attached hydrogens (tertiary/aromatic N) is 2. The molecule has 2 fully saturated rings. The molecule has 3 heteroatoms. The van der Waals surface area contributed by atoms with Crippen LogP contribution in [-0.4, -0.2) is 42.1 Å². The van der Waals surface area contributed by atoms with Crippen molar-refractivity contribution < 1.29 is 0 Å². The molecule has 1 aliphatic carbocycles. The van der Waals surface area contributed by atoms with Gasteiger partial charge in [0.2, 0.25) is 0 Å². The second kappa shape index (κ2) is 5.81. The Bertz CT molecular complexity index is 361. The number of hydrogen-bond acceptors (Lipinski definition) is 3. The van der Waals surface area contributed by atoms with E-state index in [9.17, 15) is 0 Å². The van der Waals surface area contributed by atoms with Crippen LogP contribution in [0.3, 0.4) is 0 Å². The minimum absolute atomic E-state index is 0.755. The fourth-order valence-corrected chi connectivity index (χ4v) is 2.88. The lowest BCUT2D eigenvalue weighted by Gasteiger charge is -2.24. The van der Waals surface area contributed by atoms with Crippen LogP contribution in [0.1, 0.15) is 24.8 Å². The van der Waals surface area contributed by atoms with E-state index in [-0.39, 0.29) is 0 Å². The van der Waals surface area contributed by atoms with Crippen LogP contribution in [0.25, 0.3) is 0 Å². The van der Waals surface area contributed by atoms with Crippen LogP contribution in [0.15, 0.2) is 24.5 Å². The molecule has 0 amide bonds. The van der Waals surface area contributed by atoms with Crippen molar-refractivity contribution in [3.63, 3.8) is 0 Å². The lowest BCUT2D eigenvalue weighted by molar-refractivity contribution is 0.261. The molecule has 1 aromatic heterocycles. The maximum Gasteiger partial charge on any atom is 0.0270 e. The predicted molar refractivity (Wildman–Crippen MR) is 73.5 cm³/mol. The molecule has 98 valence electrons. The van der Waals surface area contributed by atoms with Gasteiger partial charge >= 0.3 is 0 Å². The van der Waals surface area contributed by atoms with Gasteiger partial charge in [-0.1, -0.05) is 0 Å². The van der Waals surface area contributed by atoms with Crippen LogP contribution in [-0.2, 0) is 6.42 Å². The van der Waals surface area contributed by atoms with Gasteiger partial charge in [0.1, 0.15) is 0 Å². The molecule has 0 aromatic carbocycles. The minimum atomic E-state index is 0.755. The quantitative estimate of drug-likeness (QED) is 0.875. The fraction of sp³-hybridized carbons (Fsp3) is 0.667. The number of rotatable bonds is 4. The van der Waals surface area contributed by atoms with Crippen LogP contribution >= 0.6 is 0 Å². The van der Waals surface area contributed by atoms with E-state index in [1.165, 1.54) is 51.0 Å². The SMILES string of the molecule is c1cc(CCN2CCCNC(C3CC3)C2)ccn1. The number of aromatic nitrogens is 1. The van der Waals surface area contributed by atoms with Crippen LogP contribution in [0.5, 0.6) is 0 Å². The maximum atomic E-state index is 4.08. The molecule has 0 spiro atoms. The largest absolute Gasteiger partial charge is 0.312 e. The van der Waals surface area contributed by atoms with E-state index < -0.39 is 0 Å². The molecule has 1 N–H and O–H groups in total. The third-order valence-electron chi connectivity index (χ3n) is 4.17. The molecule has 2 heterocycles. The van der Waals surface area contributed by atoms with Crippen LogP contribution in [0, 0.1) is 5.92 Å². The van der Waals surface area contributed by atoms with Crippen molar-refractivity contribution in [3.05, 3.63) is 30.1 Å². The molecule has 1 aliphatic heterocycles. The summed E-state index contributed by atoms with van der Waals surface area (Å²) in [7, 11) is 0. The molecule has 1 saturated carbocycles. The normalized spacial score (nSPS) is 25.9. The van der Waals surface area contributed by atoms with E-state index in [0.29, 0.717) is 0 Å². The third kappa shape index (κ3) is 3.30. The number of hydrogen-bond donors (Lipinski definition) is 1. The smallest absolute Gasteiger partial charge is 0.0270 e. The van der Waals surface area contributed by atoms with Gasteiger partial charge in [0.05, 0.1) is 0 Å². The number of pyridine rings is 1. The molecular formula is C15H23N3. The maximum absolute atomic E-state index is 4.08. The van der Waals surface area contributed by atoms with Crippen molar-refractivity contribution in [1.29, 1.82) is 0 Å². The highest BCUT2D eigenvalue weighted by atomic mass is 15.2. The van der Waals surface area contributed by atoms with Gasteiger partial charge in [-0.2, -0.15) is 0 Å². The lowest BCUT2D eigenvalue weighted by atomic mass is 10.1. The van der Waals surface area contributed by atoms with E-state index >= 15 is 0 Å². The van der Waals surface area contributed by atoms with Gasteiger partial charge < -0.3 is 10.2 Å². The van der Waals surface area contributed by atoms with Crippen molar-refractivity contribution in [2.75, 3.05) is 26.2 Å². The highest BCUT2D eigenvalue weighted by Gasteiger charge is 2.32. The first kappa shape index (κ1) is 12.1. The van der Waals surface area contributed by atoms with Gasteiger partial charge in [0.15, 0.2) is 0 Å². The van der Waals surface area contributed by atoms with E-state index in [4.69, 9.17) is 0 Å². The van der Waals surface area contributed by atoms with Gasteiger partial charge in [-0.3, -0.25) is 4.98 Å². The lowest BCUT2D eigenvalue weighted by Crippen LogP contribution is -2.39. The topological polar surface area (TPSA) is 28.2 Å². The molecule has 1 aromatic rings. The summed E-state index contributed by atoms with van der Waals surface area (Å²) in [6.07, 6.45) is 9.11. The summed E-state index contributed by atoms with van der Waals surface area (Å²) in [5.41, 5.74) is 1.41. The Morgan fingerprint density at radius 3 is 2.89 bits per heavy atom. The van der Waals surface area contributed by atoms with E-state index in [1.54, 1.807) is 0 Å². The van der Waals surface area contributed by atoms with Crippen molar-refractivity contribution in [2.45, 2.75) is 31.7 Å². The predicted octanol–water partition coefficient (Wildman–Crippen LogP) is 1.70. The fourth-order valence-electron chi connectivity index (χ4n) is 2.88. The van der Waals surface area contributed by atoms with Crippen molar-refractivity contribution >= 4 is 0 Å². The summed E-state index contributed by atoms with van der Waals surface area (Å²) in [4.78, 5) is 6.72. The molecule has 3 rings (SSSR count). The third-order valence-corrected chi connectivity index (χ3v) is 4.17. The molecule has 1 saturated heterocycles. The Morgan fingerprint density at radius 2 is 2.11 bits per heavy atom. The Hall–Kier alpha value is -0.930. The monoisotopic (exact) mass is 245 g/mol. The van der Waals surface area contributed by atoms with Crippen molar-refractivity contribution in [1.82, 2.24) is 15.2 Å². The Labute approximate surface area is 110 Å². The second-order valence-electron chi connectivity index (χ2n) is 5.66. The van der Waals surface area contributed by atoms with Gasteiger partial charge in [0, 0.05) is 31.5 Å². The van der Waals surface area contributed by atoms with Gasteiger partial charge in [-0.15, -0.1) is 0 Å². The summed E-state index contributed by atoms with van der Waals surface area (Å²) in [5, 5.41) is 3.72. The molecule has 1 atom stereocenters. The first-order valence-electron chi connectivity index (χ1n) is 7.26. The minimum Gasteiger partial charge on any atom is -0.312 e. The van der Waals surface area contributed by atoms with E-state index in [2.05, 4.69) is 27.3 Å². The van der Waals surface area contributed by atoms with Crippen LogP contribution in [0.2, 0.25) is 0 Å². The average molecular weight is 245 g/mol.